The third-order valence-corrected chi connectivity index (χ3v) is 2.82. The molecule has 21 heavy (non-hydrogen) atoms. The van der Waals surface area contributed by atoms with Crippen molar-refractivity contribution in [2.75, 3.05) is 0 Å². The molecule has 0 bridgehead atoms. The number of aromatic nitrogens is 2. The van der Waals surface area contributed by atoms with E-state index in [1.54, 1.807) is 0 Å². The standard InChI is InChI=1S/C15H19N3O3/c1-2-6-13-16-15(21-17-13)10-9-14(19)18-20-11-12-7-4-3-5-8-12/h3-5,7-8H,2,6,9-11H2,1H3,(H,18,19). The fraction of sp³-hybridized carbons (Fsp3) is 0.400. The zero-order chi connectivity index (χ0) is 14.9. The highest BCUT2D eigenvalue weighted by Gasteiger charge is 2.08. The van der Waals surface area contributed by atoms with Crippen molar-refractivity contribution in [1.29, 1.82) is 0 Å². The average molecular weight is 289 g/mol. The third-order valence-electron chi connectivity index (χ3n) is 2.82. The Bertz CT molecular complexity index is 554. The second-order valence-corrected chi connectivity index (χ2v) is 4.65. The maximum absolute atomic E-state index is 11.6. The van der Waals surface area contributed by atoms with Crippen molar-refractivity contribution in [1.82, 2.24) is 15.6 Å². The molecule has 6 nitrogen and oxygen atoms in total. The fourth-order valence-electron chi connectivity index (χ4n) is 1.76. The molecule has 1 N–H and O–H groups in total. The van der Waals surface area contributed by atoms with Crippen LogP contribution >= 0.6 is 0 Å². The number of carbonyl (C=O) groups excluding carboxylic acids is 1. The predicted molar refractivity (Wildman–Crippen MR) is 76.0 cm³/mol. The molecule has 0 aliphatic heterocycles. The van der Waals surface area contributed by atoms with Gasteiger partial charge in [-0.25, -0.2) is 5.48 Å². The lowest BCUT2D eigenvalue weighted by molar-refractivity contribution is -0.134. The van der Waals surface area contributed by atoms with Crippen LogP contribution in [-0.2, 0) is 29.1 Å². The normalized spacial score (nSPS) is 10.5. The second kappa shape index (κ2) is 8.16. The summed E-state index contributed by atoms with van der Waals surface area (Å²) in [5.41, 5.74) is 3.40. The summed E-state index contributed by atoms with van der Waals surface area (Å²) in [5.74, 6) is 0.964. The van der Waals surface area contributed by atoms with Crippen LogP contribution in [0.15, 0.2) is 34.9 Å². The molecule has 2 aromatic rings. The Morgan fingerprint density at radius 1 is 1.29 bits per heavy atom. The van der Waals surface area contributed by atoms with E-state index in [1.807, 2.05) is 37.3 Å². The maximum Gasteiger partial charge on any atom is 0.244 e. The monoisotopic (exact) mass is 289 g/mol. The van der Waals surface area contributed by atoms with Gasteiger partial charge in [0.05, 0.1) is 6.61 Å². The van der Waals surface area contributed by atoms with E-state index in [1.165, 1.54) is 0 Å². The van der Waals surface area contributed by atoms with Crippen molar-refractivity contribution < 1.29 is 14.2 Å². The minimum absolute atomic E-state index is 0.207. The number of hydrogen-bond donors (Lipinski definition) is 1. The van der Waals surface area contributed by atoms with Gasteiger partial charge in [-0.3, -0.25) is 9.63 Å². The van der Waals surface area contributed by atoms with Gasteiger partial charge < -0.3 is 4.52 Å². The average Bonchev–Trinajstić information content (AvgIpc) is 2.94. The highest BCUT2D eigenvalue weighted by molar-refractivity contribution is 5.74. The van der Waals surface area contributed by atoms with Crippen molar-refractivity contribution in [2.24, 2.45) is 0 Å². The lowest BCUT2D eigenvalue weighted by atomic mass is 10.2. The summed E-state index contributed by atoms with van der Waals surface area (Å²) in [6, 6.07) is 9.63. The Hall–Kier alpha value is -2.21. The Balaban J connectivity index is 1.65. The number of hydrogen-bond acceptors (Lipinski definition) is 5. The molecule has 1 heterocycles. The molecule has 0 unspecified atom stereocenters. The molecule has 0 aliphatic carbocycles. The summed E-state index contributed by atoms with van der Waals surface area (Å²) in [6.07, 6.45) is 2.42. The Morgan fingerprint density at radius 3 is 2.86 bits per heavy atom. The number of benzene rings is 1. The van der Waals surface area contributed by atoms with Crippen molar-refractivity contribution in [3.63, 3.8) is 0 Å². The number of rotatable bonds is 8. The van der Waals surface area contributed by atoms with Gasteiger partial charge in [-0.15, -0.1) is 0 Å². The first-order valence-electron chi connectivity index (χ1n) is 7.04. The van der Waals surface area contributed by atoms with E-state index >= 15 is 0 Å². The summed E-state index contributed by atoms with van der Waals surface area (Å²) in [5, 5.41) is 3.84. The number of amides is 1. The summed E-state index contributed by atoms with van der Waals surface area (Å²) in [6.45, 7) is 2.39. The molecule has 1 aromatic carbocycles. The van der Waals surface area contributed by atoms with Crippen LogP contribution in [0, 0.1) is 0 Å². The van der Waals surface area contributed by atoms with E-state index in [9.17, 15) is 4.79 Å². The lowest BCUT2D eigenvalue weighted by Gasteiger charge is -2.04. The molecule has 0 saturated heterocycles. The first-order valence-corrected chi connectivity index (χ1v) is 7.04. The van der Waals surface area contributed by atoms with Gasteiger partial charge in [-0.1, -0.05) is 42.4 Å². The Morgan fingerprint density at radius 2 is 2.10 bits per heavy atom. The molecule has 0 saturated carbocycles. The minimum Gasteiger partial charge on any atom is -0.339 e. The minimum atomic E-state index is -0.207. The molecule has 0 fully saturated rings. The molecule has 6 heteroatoms. The largest absolute Gasteiger partial charge is 0.339 e. The zero-order valence-electron chi connectivity index (χ0n) is 12.0. The summed E-state index contributed by atoms with van der Waals surface area (Å²) in [7, 11) is 0. The van der Waals surface area contributed by atoms with E-state index in [-0.39, 0.29) is 12.3 Å². The molecule has 2 rings (SSSR count). The van der Waals surface area contributed by atoms with Crippen molar-refractivity contribution in [2.45, 2.75) is 39.2 Å². The number of nitrogens with zero attached hydrogens (tertiary/aromatic N) is 2. The molecule has 0 atom stereocenters. The number of nitrogens with one attached hydrogen (secondary N) is 1. The van der Waals surface area contributed by atoms with E-state index in [0.717, 1.165) is 18.4 Å². The van der Waals surface area contributed by atoms with Crippen LogP contribution in [0.5, 0.6) is 0 Å². The third kappa shape index (κ3) is 5.35. The van der Waals surface area contributed by atoms with Crippen LogP contribution in [-0.4, -0.2) is 16.0 Å². The van der Waals surface area contributed by atoms with Crippen LogP contribution in [0.25, 0.3) is 0 Å². The van der Waals surface area contributed by atoms with E-state index < -0.39 is 0 Å². The van der Waals surface area contributed by atoms with Gasteiger partial charge >= 0.3 is 0 Å². The van der Waals surface area contributed by atoms with Crippen LogP contribution in [0.2, 0.25) is 0 Å². The van der Waals surface area contributed by atoms with Gasteiger partial charge in [0.25, 0.3) is 0 Å². The number of aryl methyl sites for hydroxylation is 2. The van der Waals surface area contributed by atoms with Crippen molar-refractivity contribution in [3.8, 4) is 0 Å². The summed E-state index contributed by atoms with van der Waals surface area (Å²) >= 11 is 0. The number of hydroxylamine groups is 1. The smallest absolute Gasteiger partial charge is 0.244 e. The van der Waals surface area contributed by atoms with Crippen LogP contribution in [0.3, 0.4) is 0 Å². The molecule has 1 aromatic heterocycles. The SMILES string of the molecule is CCCc1noc(CCC(=O)NOCc2ccccc2)n1. The first-order chi connectivity index (χ1) is 10.3. The lowest BCUT2D eigenvalue weighted by Crippen LogP contribution is -2.23. The molecule has 1 amide bonds. The van der Waals surface area contributed by atoms with E-state index in [4.69, 9.17) is 9.36 Å². The molecule has 0 spiro atoms. The molecule has 0 radical (unpaired) electrons. The number of carbonyl (C=O) groups is 1. The van der Waals surface area contributed by atoms with Gasteiger partial charge in [-0.05, 0) is 12.0 Å². The van der Waals surface area contributed by atoms with Gasteiger partial charge in [0.2, 0.25) is 11.8 Å². The Kier molecular flexibility index (Phi) is 5.90. The topological polar surface area (TPSA) is 77.2 Å². The van der Waals surface area contributed by atoms with E-state index in [2.05, 4.69) is 15.6 Å². The maximum atomic E-state index is 11.6. The van der Waals surface area contributed by atoms with Gasteiger partial charge in [0.15, 0.2) is 5.82 Å². The van der Waals surface area contributed by atoms with Crippen LogP contribution < -0.4 is 5.48 Å². The highest BCUT2D eigenvalue weighted by Crippen LogP contribution is 2.03. The van der Waals surface area contributed by atoms with Gasteiger partial charge in [0.1, 0.15) is 0 Å². The van der Waals surface area contributed by atoms with Crippen molar-refractivity contribution in [3.05, 3.63) is 47.6 Å². The second-order valence-electron chi connectivity index (χ2n) is 4.65. The van der Waals surface area contributed by atoms with Gasteiger partial charge in [0, 0.05) is 19.3 Å². The zero-order valence-corrected chi connectivity index (χ0v) is 12.0. The highest BCUT2D eigenvalue weighted by atomic mass is 16.6. The summed E-state index contributed by atoms with van der Waals surface area (Å²) < 4.78 is 5.06. The van der Waals surface area contributed by atoms with Crippen LogP contribution in [0.1, 0.15) is 37.0 Å². The first kappa shape index (κ1) is 15.2. The van der Waals surface area contributed by atoms with Crippen LogP contribution in [0.4, 0.5) is 0 Å². The summed E-state index contributed by atoms with van der Waals surface area (Å²) in [4.78, 5) is 21.0. The molecular weight excluding hydrogens is 270 g/mol. The predicted octanol–water partition coefficient (Wildman–Crippen LogP) is 2.20. The molecular formula is C15H19N3O3. The quantitative estimate of drug-likeness (QED) is 0.754. The van der Waals surface area contributed by atoms with Gasteiger partial charge in [-0.2, -0.15) is 4.98 Å². The molecule has 112 valence electrons. The van der Waals surface area contributed by atoms with Crippen molar-refractivity contribution >= 4 is 5.91 Å². The Labute approximate surface area is 123 Å². The molecule has 0 aliphatic rings. The fourth-order valence-corrected chi connectivity index (χ4v) is 1.76. The van der Waals surface area contributed by atoms with E-state index in [0.29, 0.717) is 24.7 Å².